The Bertz CT molecular complexity index is 970. The Morgan fingerprint density at radius 2 is 2.07 bits per heavy atom. The van der Waals surface area contributed by atoms with Crippen molar-refractivity contribution in [2.24, 2.45) is 5.92 Å². The highest BCUT2D eigenvalue weighted by Gasteiger charge is 2.20. The number of hydrogen-bond acceptors (Lipinski definition) is 4. The van der Waals surface area contributed by atoms with Gasteiger partial charge in [-0.15, -0.1) is 0 Å². The van der Waals surface area contributed by atoms with E-state index in [9.17, 15) is 4.79 Å². The minimum atomic E-state index is 0.0168. The number of aryl methyl sites for hydroxylation is 1. The van der Waals surface area contributed by atoms with Crippen molar-refractivity contribution in [1.82, 2.24) is 14.9 Å². The van der Waals surface area contributed by atoms with E-state index < -0.39 is 0 Å². The number of nitrogens with one attached hydrogen (secondary N) is 1. The molecule has 2 aromatic carbocycles. The SMILES string of the molecule is Cc1ccccc1-n1ccnc1SCC(=O)NCC1COc2ccccc2C1. The molecule has 0 bridgehead atoms. The summed E-state index contributed by atoms with van der Waals surface area (Å²) in [4.78, 5) is 16.7. The first-order valence-corrected chi connectivity index (χ1v) is 10.4. The number of aromatic nitrogens is 2. The Morgan fingerprint density at radius 3 is 2.96 bits per heavy atom. The third-order valence-corrected chi connectivity index (χ3v) is 5.82. The van der Waals surface area contributed by atoms with Gasteiger partial charge in [0.25, 0.3) is 0 Å². The van der Waals surface area contributed by atoms with Gasteiger partial charge in [-0.2, -0.15) is 0 Å². The zero-order valence-corrected chi connectivity index (χ0v) is 16.6. The van der Waals surface area contributed by atoms with E-state index in [1.54, 1.807) is 6.20 Å². The molecule has 28 heavy (non-hydrogen) atoms. The second-order valence-electron chi connectivity index (χ2n) is 6.95. The van der Waals surface area contributed by atoms with Crippen LogP contribution in [0, 0.1) is 12.8 Å². The molecule has 2 heterocycles. The Kier molecular flexibility index (Phi) is 5.67. The molecule has 1 aromatic heterocycles. The highest BCUT2D eigenvalue weighted by Crippen LogP contribution is 2.26. The van der Waals surface area contributed by atoms with Crippen LogP contribution in [0.2, 0.25) is 0 Å². The number of carbonyl (C=O) groups is 1. The molecule has 0 aliphatic carbocycles. The molecule has 5 nitrogen and oxygen atoms in total. The molecule has 1 atom stereocenters. The summed E-state index contributed by atoms with van der Waals surface area (Å²) in [7, 11) is 0. The van der Waals surface area contributed by atoms with Crippen LogP contribution < -0.4 is 10.1 Å². The van der Waals surface area contributed by atoms with Crippen LogP contribution in [0.3, 0.4) is 0 Å². The first-order valence-electron chi connectivity index (χ1n) is 9.40. The van der Waals surface area contributed by atoms with Crippen molar-refractivity contribution in [2.45, 2.75) is 18.5 Å². The van der Waals surface area contributed by atoms with Crippen molar-refractivity contribution in [3.05, 3.63) is 72.1 Å². The van der Waals surface area contributed by atoms with E-state index in [1.807, 2.05) is 41.1 Å². The van der Waals surface area contributed by atoms with E-state index in [4.69, 9.17) is 4.74 Å². The van der Waals surface area contributed by atoms with Gasteiger partial charge in [-0.3, -0.25) is 9.36 Å². The maximum atomic E-state index is 12.3. The highest BCUT2D eigenvalue weighted by molar-refractivity contribution is 7.99. The van der Waals surface area contributed by atoms with Gasteiger partial charge in [0.1, 0.15) is 5.75 Å². The summed E-state index contributed by atoms with van der Waals surface area (Å²) in [6.45, 7) is 3.34. The van der Waals surface area contributed by atoms with Crippen LogP contribution in [0.15, 0.2) is 66.1 Å². The van der Waals surface area contributed by atoms with Gasteiger partial charge in [0, 0.05) is 24.9 Å². The summed E-state index contributed by atoms with van der Waals surface area (Å²) in [5.74, 6) is 1.62. The summed E-state index contributed by atoms with van der Waals surface area (Å²) < 4.78 is 7.82. The van der Waals surface area contributed by atoms with E-state index in [2.05, 4.69) is 35.4 Å². The Hall–Kier alpha value is -2.73. The summed E-state index contributed by atoms with van der Waals surface area (Å²) in [5, 5.41) is 3.86. The van der Waals surface area contributed by atoms with Crippen LogP contribution in [-0.4, -0.2) is 34.4 Å². The van der Waals surface area contributed by atoms with Crippen molar-refractivity contribution in [3.63, 3.8) is 0 Å². The lowest BCUT2D eigenvalue weighted by atomic mass is 9.97. The lowest BCUT2D eigenvalue weighted by Crippen LogP contribution is -2.35. The van der Waals surface area contributed by atoms with Gasteiger partial charge >= 0.3 is 0 Å². The average Bonchev–Trinajstić information content (AvgIpc) is 3.19. The zero-order chi connectivity index (χ0) is 19.3. The van der Waals surface area contributed by atoms with Crippen LogP contribution in [0.25, 0.3) is 5.69 Å². The van der Waals surface area contributed by atoms with Crippen molar-refractivity contribution in [1.29, 1.82) is 0 Å². The molecule has 1 unspecified atom stereocenters. The van der Waals surface area contributed by atoms with Crippen molar-refractivity contribution in [2.75, 3.05) is 18.9 Å². The fourth-order valence-electron chi connectivity index (χ4n) is 3.37. The molecule has 0 saturated heterocycles. The average molecular weight is 394 g/mol. The van der Waals surface area contributed by atoms with Gasteiger partial charge in [0.2, 0.25) is 5.91 Å². The minimum absolute atomic E-state index is 0.0168. The second-order valence-corrected chi connectivity index (χ2v) is 7.89. The van der Waals surface area contributed by atoms with Crippen LogP contribution in [0.1, 0.15) is 11.1 Å². The number of imidazole rings is 1. The molecule has 1 aliphatic heterocycles. The lowest BCUT2D eigenvalue weighted by Gasteiger charge is -2.25. The number of amides is 1. The van der Waals surface area contributed by atoms with Gasteiger partial charge in [-0.25, -0.2) is 4.98 Å². The van der Waals surface area contributed by atoms with Gasteiger partial charge in [0.05, 0.1) is 18.0 Å². The molecular formula is C22H23N3O2S. The number of fused-ring (bicyclic) bond motifs is 1. The molecule has 144 valence electrons. The highest BCUT2D eigenvalue weighted by atomic mass is 32.2. The number of carbonyl (C=O) groups excluding carboxylic acids is 1. The molecule has 0 saturated carbocycles. The monoisotopic (exact) mass is 393 g/mol. The zero-order valence-electron chi connectivity index (χ0n) is 15.8. The van der Waals surface area contributed by atoms with Crippen molar-refractivity contribution >= 4 is 17.7 Å². The summed E-state index contributed by atoms with van der Waals surface area (Å²) in [6, 6.07) is 16.2. The summed E-state index contributed by atoms with van der Waals surface area (Å²) >= 11 is 1.45. The van der Waals surface area contributed by atoms with Crippen LogP contribution in [0.4, 0.5) is 0 Å². The van der Waals surface area contributed by atoms with E-state index in [1.165, 1.54) is 22.9 Å². The van der Waals surface area contributed by atoms with Crippen LogP contribution in [-0.2, 0) is 11.2 Å². The fraction of sp³-hybridized carbons (Fsp3) is 0.273. The topological polar surface area (TPSA) is 56.2 Å². The van der Waals surface area contributed by atoms with Gasteiger partial charge in [0.15, 0.2) is 5.16 Å². The van der Waals surface area contributed by atoms with Gasteiger partial charge in [-0.1, -0.05) is 48.2 Å². The molecule has 3 aromatic rings. The largest absolute Gasteiger partial charge is 0.493 e. The van der Waals surface area contributed by atoms with Gasteiger partial charge in [-0.05, 0) is 36.6 Å². The number of benzene rings is 2. The van der Waals surface area contributed by atoms with E-state index in [0.29, 0.717) is 24.8 Å². The number of ether oxygens (including phenoxy) is 1. The van der Waals surface area contributed by atoms with E-state index in [-0.39, 0.29) is 5.91 Å². The summed E-state index contributed by atoms with van der Waals surface area (Å²) in [5.41, 5.74) is 3.47. The molecule has 1 aliphatic rings. The van der Waals surface area contributed by atoms with E-state index >= 15 is 0 Å². The number of hydrogen-bond donors (Lipinski definition) is 1. The lowest BCUT2D eigenvalue weighted by molar-refractivity contribution is -0.118. The molecule has 1 N–H and O–H groups in total. The van der Waals surface area contributed by atoms with Crippen molar-refractivity contribution in [3.8, 4) is 11.4 Å². The third-order valence-electron chi connectivity index (χ3n) is 4.86. The molecule has 1 amide bonds. The smallest absolute Gasteiger partial charge is 0.230 e. The molecule has 0 fully saturated rings. The maximum Gasteiger partial charge on any atom is 0.230 e. The number of nitrogens with zero attached hydrogens (tertiary/aromatic N) is 2. The van der Waals surface area contributed by atoms with Crippen LogP contribution >= 0.6 is 11.8 Å². The Labute approximate surface area is 169 Å². The standard InChI is InChI=1S/C22H23N3O2S/c1-16-6-2-4-8-19(16)25-11-10-23-22(25)28-15-21(26)24-13-17-12-18-7-3-5-9-20(18)27-14-17/h2-11,17H,12-15H2,1H3,(H,24,26). The Balaban J connectivity index is 1.29. The first kappa shape index (κ1) is 18.6. The maximum absolute atomic E-state index is 12.3. The molecule has 0 radical (unpaired) electrons. The molecule has 6 heteroatoms. The summed E-state index contributed by atoms with van der Waals surface area (Å²) in [6.07, 6.45) is 4.63. The molecule has 0 spiro atoms. The Morgan fingerprint density at radius 1 is 1.25 bits per heavy atom. The van der Waals surface area contributed by atoms with Crippen LogP contribution in [0.5, 0.6) is 5.75 Å². The second kappa shape index (κ2) is 8.52. The third kappa shape index (κ3) is 4.22. The minimum Gasteiger partial charge on any atom is -0.493 e. The molecule has 4 rings (SSSR count). The van der Waals surface area contributed by atoms with Gasteiger partial charge < -0.3 is 10.1 Å². The predicted molar refractivity (Wildman–Crippen MR) is 111 cm³/mol. The fourth-order valence-corrected chi connectivity index (χ4v) is 4.17. The number of rotatable bonds is 6. The predicted octanol–water partition coefficient (Wildman–Crippen LogP) is 3.64. The number of para-hydroxylation sites is 2. The quantitative estimate of drug-likeness (QED) is 0.650. The number of thioether (sulfide) groups is 1. The van der Waals surface area contributed by atoms with E-state index in [0.717, 1.165) is 23.0 Å². The normalized spacial score (nSPS) is 15.5. The van der Waals surface area contributed by atoms with Crippen molar-refractivity contribution < 1.29 is 9.53 Å². The molecular weight excluding hydrogens is 370 g/mol. The first-order chi connectivity index (χ1) is 13.7.